The molecule has 6 heteroatoms. The summed E-state index contributed by atoms with van der Waals surface area (Å²) in [6.07, 6.45) is -8.19. The molecule has 1 aliphatic rings. The zero-order valence-electron chi connectivity index (χ0n) is 6.17. The van der Waals surface area contributed by atoms with Gasteiger partial charge in [-0.1, -0.05) is 0 Å². The van der Waals surface area contributed by atoms with Gasteiger partial charge in [-0.2, -0.15) is 0 Å². The second-order valence-electron chi connectivity index (χ2n) is 2.67. The van der Waals surface area contributed by atoms with Gasteiger partial charge in [-0.15, -0.1) is 0 Å². The summed E-state index contributed by atoms with van der Waals surface area (Å²) in [4.78, 5) is 0. The normalized spacial score (nSPS) is 49.2. The molecule has 0 saturated carbocycles. The number of rotatable bonds is 1. The Morgan fingerprint density at radius 2 is 1.75 bits per heavy atom. The number of halogens is 1. The molecule has 1 aliphatic heterocycles. The first-order valence-electron chi connectivity index (χ1n) is 3.52. The van der Waals surface area contributed by atoms with Crippen LogP contribution in [0.4, 0.5) is 4.39 Å². The SMILES string of the molecule is OC[C@H]1O[C@@H](O)[C@@H](O)[C@H](O)[C@H]1F. The molecule has 0 unspecified atom stereocenters. The Morgan fingerprint density at radius 1 is 1.17 bits per heavy atom. The first kappa shape index (κ1) is 9.82. The highest BCUT2D eigenvalue weighted by Crippen LogP contribution is 2.21. The van der Waals surface area contributed by atoms with Crippen LogP contribution < -0.4 is 0 Å². The summed E-state index contributed by atoms with van der Waals surface area (Å²) < 4.78 is 17.3. The molecular weight excluding hydrogens is 171 g/mol. The minimum Gasteiger partial charge on any atom is -0.394 e. The molecule has 0 aromatic rings. The summed E-state index contributed by atoms with van der Waals surface area (Å²) in [5.74, 6) is 0. The minimum absolute atomic E-state index is 0.651. The van der Waals surface area contributed by atoms with Crippen LogP contribution in [-0.4, -0.2) is 57.8 Å². The molecule has 0 aromatic heterocycles. The molecule has 0 radical (unpaired) electrons. The molecule has 4 N–H and O–H groups in total. The summed E-state index contributed by atoms with van der Waals surface area (Å²) in [6, 6.07) is 0. The second-order valence-corrected chi connectivity index (χ2v) is 2.67. The van der Waals surface area contributed by atoms with Crippen LogP contribution in [0.1, 0.15) is 0 Å². The molecule has 1 heterocycles. The van der Waals surface area contributed by atoms with E-state index >= 15 is 0 Å². The maximum absolute atomic E-state index is 12.9. The Morgan fingerprint density at radius 3 is 2.25 bits per heavy atom. The van der Waals surface area contributed by atoms with Crippen molar-refractivity contribution in [1.29, 1.82) is 0 Å². The second kappa shape index (κ2) is 3.63. The maximum atomic E-state index is 12.9. The van der Waals surface area contributed by atoms with Crippen LogP contribution in [0.25, 0.3) is 0 Å². The summed E-state index contributed by atoms with van der Waals surface area (Å²) in [5, 5.41) is 35.2. The van der Waals surface area contributed by atoms with E-state index < -0.39 is 37.4 Å². The summed E-state index contributed by atoms with van der Waals surface area (Å²) in [7, 11) is 0. The third-order valence-corrected chi connectivity index (χ3v) is 1.82. The number of aliphatic hydroxyl groups excluding tert-OH is 4. The highest BCUT2D eigenvalue weighted by atomic mass is 19.1. The minimum atomic E-state index is -1.88. The smallest absolute Gasteiger partial charge is 0.184 e. The standard InChI is InChI=1S/C6H11FO5/c7-3-2(1-8)12-6(11)5(10)4(3)9/h2-6,8-11H,1H2/t2-,3+,4-,5+,6-/m1/s1. The molecule has 0 spiro atoms. The van der Waals surface area contributed by atoms with Crippen molar-refractivity contribution < 1.29 is 29.6 Å². The Balaban J connectivity index is 2.63. The van der Waals surface area contributed by atoms with Crippen LogP contribution in [0.15, 0.2) is 0 Å². The molecule has 1 saturated heterocycles. The van der Waals surface area contributed by atoms with E-state index in [-0.39, 0.29) is 0 Å². The van der Waals surface area contributed by atoms with Crippen LogP contribution in [0.2, 0.25) is 0 Å². The lowest BCUT2D eigenvalue weighted by atomic mass is 10.0. The zero-order valence-corrected chi connectivity index (χ0v) is 6.17. The predicted molar refractivity (Wildman–Crippen MR) is 34.9 cm³/mol. The van der Waals surface area contributed by atoms with Crippen molar-refractivity contribution in [2.75, 3.05) is 6.61 Å². The summed E-state index contributed by atoms with van der Waals surface area (Å²) >= 11 is 0. The van der Waals surface area contributed by atoms with Gasteiger partial charge in [-0.05, 0) is 0 Å². The number of hydrogen-bond donors (Lipinski definition) is 4. The Bertz CT molecular complexity index is 150. The number of hydrogen-bond acceptors (Lipinski definition) is 5. The topological polar surface area (TPSA) is 90.2 Å². The number of ether oxygens (including phenoxy) is 1. The summed E-state index contributed by atoms with van der Waals surface area (Å²) in [5.41, 5.74) is 0. The van der Waals surface area contributed by atoms with E-state index in [0.717, 1.165) is 0 Å². The molecule has 0 aliphatic carbocycles. The fraction of sp³-hybridized carbons (Fsp3) is 1.00. The fourth-order valence-electron chi connectivity index (χ4n) is 1.06. The third kappa shape index (κ3) is 1.57. The van der Waals surface area contributed by atoms with E-state index in [0.29, 0.717) is 0 Å². The van der Waals surface area contributed by atoms with Crippen LogP contribution in [0.3, 0.4) is 0 Å². The highest BCUT2D eigenvalue weighted by Gasteiger charge is 2.43. The predicted octanol–water partition coefficient (Wildman–Crippen LogP) is -2.24. The molecule has 0 amide bonds. The van der Waals surface area contributed by atoms with Gasteiger partial charge >= 0.3 is 0 Å². The Kier molecular flexibility index (Phi) is 2.97. The van der Waals surface area contributed by atoms with Gasteiger partial charge in [-0.3, -0.25) is 0 Å². The van der Waals surface area contributed by atoms with Gasteiger partial charge < -0.3 is 25.2 Å². The molecule has 5 nitrogen and oxygen atoms in total. The Labute approximate surface area is 68.0 Å². The van der Waals surface area contributed by atoms with Gasteiger partial charge in [0.2, 0.25) is 0 Å². The molecule has 1 fully saturated rings. The average Bonchev–Trinajstić information content (AvgIpc) is 2.08. The number of aliphatic hydroxyl groups is 4. The van der Waals surface area contributed by atoms with Gasteiger partial charge in [0.25, 0.3) is 0 Å². The van der Waals surface area contributed by atoms with Gasteiger partial charge in [0.05, 0.1) is 6.61 Å². The molecule has 5 atom stereocenters. The summed E-state index contributed by atoms with van der Waals surface area (Å²) in [6.45, 7) is -0.651. The van der Waals surface area contributed by atoms with Crippen molar-refractivity contribution in [1.82, 2.24) is 0 Å². The maximum Gasteiger partial charge on any atom is 0.184 e. The van der Waals surface area contributed by atoms with Gasteiger partial charge in [0.15, 0.2) is 12.5 Å². The zero-order chi connectivity index (χ0) is 9.30. The lowest BCUT2D eigenvalue weighted by Gasteiger charge is -2.36. The van der Waals surface area contributed by atoms with Crippen molar-refractivity contribution in [3.05, 3.63) is 0 Å². The van der Waals surface area contributed by atoms with Crippen molar-refractivity contribution in [3.63, 3.8) is 0 Å². The number of alkyl halides is 1. The average molecular weight is 182 g/mol. The molecule has 0 aromatic carbocycles. The van der Waals surface area contributed by atoms with Crippen molar-refractivity contribution in [3.8, 4) is 0 Å². The molecule has 1 rings (SSSR count). The van der Waals surface area contributed by atoms with Crippen LogP contribution in [0.5, 0.6) is 0 Å². The van der Waals surface area contributed by atoms with Crippen molar-refractivity contribution in [2.45, 2.75) is 30.8 Å². The van der Waals surface area contributed by atoms with Gasteiger partial charge in [0, 0.05) is 0 Å². The monoisotopic (exact) mass is 182 g/mol. The molecule has 12 heavy (non-hydrogen) atoms. The van der Waals surface area contributed by atoms with E-state index in [1.54, 1.807) is 0 Å². The lowest BCUT2D eigenvalue weighted by Crippen LogP contribution is -2.56. The van der Waals surface area contributed by atoms with Crippen molar-refractivity contribution >= 4 is 0 Å². The van der Waals surface area contributed by atoms with Crippen LogP contribution >= 0.6 is 0 Å². The van der Waals surface area contributed by atoms with E-state index in [9.17, 15) is 4.39 Å². The first-order chi connectivity index (χ1) is 5.57. The Hall–Kier alpha value is -0.270. The quantitative estimate of drug-likeness (QED) is 0.368. The van der Waals surface area contributed by atoms with E-state index in [4.69, 9.17) is 20.4 Å². The lowest BCUT2D eigenvalue weighted by molar-refractivity contribution is -0.274. The van der Waals surface area contributed by atoms with E-state index in [1.807, 2.05) is 0 Å². The highest BCUT2D eigenvalue weighted by molar-refractivity contribution is 4.88. The first-order valence-corrected chi connectivity index (χ1v) is 3.52. The van der Waals surface area contributed by atoms with E-state index in [1.165, 1.54) is 0 Å². The fourth-order valence-corrected chi connectivity index (χ4v) is 1.06. The van der Waals surface area contributed by atoms with E-state index in [2.05, 4.69) is 4.74 Å². The molecular formula is C6H11FO5. The van der Waals surface area contributed by atoms with Crippen LogP contribution in [-0.2, 0) is 4.74 Å². The molecule has 72 valence electrons. The third-order valence-electron chi connectivity index (χ3n) is 1.82. The van der Waals surface area contributed by atoms with Gasteiger partial charge in [-0.25, -0.2) is 4.39 Å². The van der Waals surface area contributed by atoms with Gasteiger partial charge in [0.1, 0.15) is 18.3 Å². The van der Waals surface area contributed by atoms with Crippen molar-refractivity contribution in [2.24, 2.45) is 0 Å². The van der Waals surface area contributed by atoms with Crippen LogP contribution in [0, 0.1) is 0 Å². The molecule has 0 bridgehead atoms. The largest absolute Gasteiger partial charge is 0.394 e.